The van der Waals surface area contributed by atoms with Crippen molar-refractivity contribution in [2.24, 2.45) is 0 Å². The third-order valence-electron chi connectivity index (χ3n) is 2.85. The van der Waals surface area contributed by atoms with Crippen molar-refractivity contribution in [1.82, 2.24) is 4.98 Å². The number of rotatable bonds is 3. The molecular weight excluding hydrogens is 228 g/mol. The molecule has 0 saturated heterocycles. The first-order valence-corrected chi connectivity index (χ1v) is 6.65. The predicted molar refractivity (Wildman–Crippen MR) is 74.8 cm³/mol. The molecule has 17 heavy (non-hydrogen) atoms. The van der Waals surface area contributed by atoms with E-state index in [1.807, 2.05) is 0 Å². The lowest BCUT2D eigenvalue weighted by Crippen LogP contribution is -2.07. The van der Waals surface area contributed by atoms with E-state index in [1.54, 1.807) is 11.3 Å². The summed E-state index contributed by atoms with van der Waals surface area (Å²) in [5, 5.41) is 4.69. The van der Waals surface area contributed by atoms with E-state index in [4.69, 9.17) is 0 Å². The monoisotopic (exact) mass is 246 g/mol. The summed E-state index contributed by atoms with van der Waals surface area (Å²) in [6.07, 6.45) is 0. The highest BCUT2D eigenvalue weighted by molar-refractivity contribution is 7.11. The van der Waals surface area contributed by atoms with Crippen molar-refractivity contribution in [1.29, 1.82) is 0 Å². The Bertz CT molecular complexity index is 517. The SMILES string of the molecule is Cc1nc(C)c(C(C)Nc2ccccc2C)s1. The average molecular weight is 246 g/mol. The van der Waals surface area contributed by atoms with Crippen molar-refractivity contribution < 1.29 is 0 Å². The van der Waals surface area contributed by atoms with E-state index in [-0.39, 0.29) is 0 Å². The minimum absolute atomic E-state index is 0.308. The zero-order chi connectivity index (χ0) is 12.4. The third kappa shape index (κ3) is 2.67. The number of aromatic nitrogens is 1. The van der Waals surface area contributed by atoms with Crippen molar-refractivity contribution in [3.63, 3.8) is 0 Å². The number of nitrogens with one attached hydrogen (secondary N) is 1. The Kier molecular flexibility index (Phi) is 3.48. The molecule has 0 radical (unpaired) electrons. The van der Waals surface area contributed by atoms with Gasteiger partial charge in [0.25, 0.3) is 0 Å². The molecule has 1 aromatic carbocycles. The van der Waals surface area contributed by atoms with E-state index in [1.165, 1.54) is 16.1 Å². The second-order valence-electron chi connectivity index (χ2n) is 4.36. The smallest absolute Gasteiger partial charge is 0.0900 e. The number of nitrogens with zero attached hydrogens (tertiary/aromatic N) is 1. The molecule has 0 saturated carbocycles. The van der Waals surface area contributed by atoms with Crippen LogP contribution in [0.1, 0.15) is 34.1 Å². The highest BCUT2D eigenvalue weighted by atomic mass is 32.1. The number of hydrogen-bond donors (Lipinski definition) is 1. The maximum absolute atomic E-state index is 4.47. The van der Waals surface area contributed by atoms with Crippen LogP contribution in [0.25, 0.3) is 0 Å². The number of para-hydroxylation sites is 1. The first-order valence-electron chi connectivity index (χ1n) is 5.84. The van der Waals surface area contributed by atoms with Gasteiger partial charge in [0.2, 0.25) is 0 Å². The maximum Gasteiger partial charge on any atom is 0.0900 e. The summed E-state index contributed by atoms with van der Waals surface area (Å²) in [4.78, 5) is 5.80. The van der Waals surface area contributed by atoms with Gasteiger partial charge in [-0.2, -0.15) is 0 Å². The van der Waals surface area contributed by atoms with E-state index in [2.05, 4.69) is 62.3 Å². The fourth-order valence-corrected chi connectivity index (χ4v) is 2.91. The maximum atomic E-state index is 4.47. The summed E-state index contributed by atoms with van der Waals surface area (Å²) in [6, 6.07) is 8.68. The highest BCUT2D eigenvalue weighted by Crippen LogP contribution is 2.28. The van der Waals surface area contributed by atoms with Crippen LogP contribution in [0.5, 0.6) is 0 Å². The predicted octanol–water partition coefficient (Wildman–Crippen LogP) is 4.24. The lowest BCUT2D eigenvalue weighted by molar-refractivity contribution is 0.887. The number of hydrogen-bond acceptors (Lipinski definition) is 3. The molecule has 3 heteroatoms. The Morgan fingerprint density at radius 3 is 2.47 bits per heavy atom. The van der Waals surface area contributed by atoms with Gasteiger partial charge in [-0.25, -0.2) is 4.98 Å². The highest BCUT2D eigenvalue weighted by Gasteiger charge is 2.13. The molecule has 2 nitrogen and oxygen atoms in total. The van der Waals surface area contributed by atoms with Crippen molar-refractivity contribution in [3.8, 4) is 0 Å². The van der Waals surface area contributed by atoms with Crippen molar-refractivity contribution in [2.45, 2.75) is 33.7 Å². The van der Waals surface area contributed by atoms with Gasteiger partial charge < -0.3 is 5.32 Å². The fraction of sp³-hybridized carbons (Fsp3) is 0.357. The Morgan fingerprint density at radius 2 is 1.88 bits per heavy atom. The largest absolute Gasteiger partial charge is 0.377 e. The normalized spacial score (nSPS) is 12.5. The summed E-state index contributed by atoms with van der Waals surface area (Å²) < 4.78 is 0. The van der Waals surface area contributed by atoms with Crippen LogP contribution in [0.4, 0.5) is 5.69 Å². The van der Waals surface area contributed by atoms with Crippen LogP contribution in [0.3, 0.4) is 0 Å². The minimum atomic E-state index is 0.308. The summed E-state index contributed by atoms with van der Waals surface area (Å²) in [6.45, 7) is 8.45. The summed E-state index contributed by atoms with van der Waals surface area (Å²) >= 11 is 1.77. The van der Waals surface area contributed by atoms with Crippen LogP contribution in [-0.2, 0) is 0 Å². The Balaban J connectivity index is 2.20. The van der Waals surface area contributed by atoms with Crippen LogP contribution in [0.15, 0.2) is 24.3 Å². The Hall–Kier alpha value is -1.35. The molecule has 0 fully saturated rings. The van der Waals surface area contributed by atoms with Gasteiger partial charge in [0.05, 0.1) is 16.7 Å². The number of benzene rings is 1. The first kappa shape index (κ1) is 12.1. The lowest BCUT2D eigenvalue weighted by atomic mass is 10.1. The van der Waals surface area contributed by atoms with Crippen molar-refractivity contribution >= 4 is 17.0 Å². The summed E-state index contributed by atoms with van der Waals surface area (Å²) in [5.74, 6) is 0. The molecule has 0 amide bonds. The Labute approximate surface area is 107 Å². The molecule has 1 atom stereocenters. The molecule has 1 unspecified atom stereocenters. The van der Waals surface area contributed by atoms with Gasteiger partial charge >= 0.3 is 0 Å². The van der Waals surface area contributed by atoms with Crippen LogP contribution in [-0.4, -0.2) is 4.98 Å². The van der Waals surface area contributed by atoms with Gasteiger partial charge in [0.1, 0.15) is 0 Å². The quantitative estimate of drug-likeness (QED) is 0.876. The average Bonchev–Trinajstić information content (AvgIpc) is 2.61. The zero-order valence-electron chi connectivity index (χ0n) is 10.7. The number of aryl methyl sites for hydroxylation is 3. The van der Waals surface area contributed by atoms with Crippen LogP contribution < -0.4 is 5.32 Å². The van der Waals surface area contributed by atoms with E-state index < -0.39 is 0 Å². The van der Waals surface area contributed by atoms with Crippen LogP contribution in [0.2, 0.25) is 0 Å². The van der Waals surface area contributed by atoms with Gasteiger partial charge in [0.15, 0.2) is 0 Å². The van der Waals surface area contributed by atoms with E-state index in [9.17, 15) is 0 Å². The van der Waals surface area contributed by atoms with Crippen LogP contribution in [0, 0.1) is 20.8 Å². The van der Waals surface area contributed by atoms with Gasteiger partial charge in [0, 0.05) is 10.6 Å². The Morgan fingerprint density at radius 1 is 1.18 bits per heavy atom. The van der Waals surface area contributed by atoms with E-state index in [0.717, 1.165) is 10.7 Å². The van der Waals surface area contributed by atoms with Crippen molar-refractivity contribution in [2.75, 3.05) is 5.32 Å². The number of anilines is 1. The molecule has 0 aliphatic rings. The van der Waals surface area contributed by atoms with Crippen LogP contribution >= 0.6 is 11.3 Å². The molecule has 1 N–H and O–H groups in total. The molecule has 1 aromatic heterocycles. The van der Waals surface area contributed by atoms with E-state index in [0.29, 0.717) is 6.04 Å². The molecule has 0 bridgehead atoms. The minimum Gasteiger partial charge on any atom is -0.377 e. The molecule has 2 rings (SSSR count). The van der Waals surface area contributed by atoms with Crippen molar-refractivity contribution in [3.05, 3.63) is 45.4 Å². The molecule has 90 valence electrons. The van der Waals surface area contributed by atoms with Gasteiger partial charge in [-0.3, -0.25) is 0 Å². The zero-order valence-corrected chi connectivity index (χ0v) is 11.6. The second-order valence-corrected chi connectivity index (χ2v) is 5.60. The van der Waals surface area contributed by atoms with Gasteiger partial charge in [-0.1, -0.05) is 18.2 Å². The topological polar surface area (TPSA) is 24.9 Å². The van der Waals surface area contributed by atoms with Gasteiger partial charge in [-0.15, -0.1) is 11.3 Å². The summed E-state index contributed by atoms with van der Waals surface area (Å²) in [5.41, 5.74) is 3.62. The molecule has 2 aromatic rings. The molecule has 1 heterocycles. The lowest BCUT2D eigenvalue weighted by Gasteiger charge is -2.16. The standard InChI is InChI=1S/C14H18N2S/c1-9-7-5-6-8-13(9)16-11(3)14-10(2)15-12(4)17-14/h5-8,11,16H,1-4H3. The number of thiazole rings is 1. The second kappa shape index (κ2) is 4.88. The summed E-state index contributed by atoms with van der Waals surface area (Å²) in [7, 11) is 0. The fourth-order valence-electron chi connectivity index (χ4n) is 1.98. The molecule has 0 aliphatic carbocycles. The van der Waals surface area contributed by atoms with E-state index >= 15 is 0 Å². The molecular formula is C14H18N2S. The first-order chi connectivity index (χ1) is 8.08. The van der Waals surface area contributed by atoms with Gasteiger partial charge in [-0.05, 0) is 39.3 Å². The molecule has 0 spiro atoms. The molecule has 0 aliphatic heterocycles. The third-order valence-corrected chi connectivity index (χ3v) is 4.11.